The van der Waals surface area contributed by atoms with E-state index in [4.69, 9.17) is 0 Å². The molecule has 1 aromatic carbocycles. The normalized spacial score (nSPS) is 11.3. The number of carbonyl (C=O) groups is 1. The van der Waals surface area contributed by atoms with Crippen LogP contribution in [0.15, 0.2) is 53.3 Å². The predicted octanol–water partition coefficient (Wildman–Crippen LogP) is 3.47. The van der Waals surface area contributed by atoms with Crippen molar-refractivity contribution in [2.75, 3.05) is 13.6 Å². The van der Waals surface area contributed by atoms with Gasteiger partial charge in [-0.2, -0.15) is 0 Å². The summed E-state index contributed by atoms with van der Waals surface area (Å²) in [7, 11) is 2.05. The van der Waals surface area contributed by atoms with Crippen LogP contribution in [0.2, 0.25) is 0 Å². The van der Waals surface area contributed by atoms with E-state index in [-0.39, 0.29) is 5.56 Å². The van der Waals surface area contributed by atoms with E-state index in [0.717, 1.165) is 24.3 Å². The number of hydrogen-bond acceptors (Lipinski definition) is 3. The van der Waals surface area contributed by atoms with Gasteiger partial charge in [-0.3, -0.25) is 0 Å². The third-order valence-electron chi connectivity index (χ3n) is 3.94. The standard InChI is InChI=1S/C18H18BrN3O2/c1-21(8-7-13-5-3-2-4-6-13)12-15-10-20-17-16(19)9-14(18(23)24)11-22(15)17/h2-6,9-11H,7-8,12H2,1H3,(H,23,24). The largest absolute Gasteiger partial charge is 0.478 e. The van der Waals surface area contributed by atoms with Crippen molar-refractivity contribution in [3.63, 3.8) is 0 Å². The Kier molecular flexibility index (Phi) is 4.97. The second-order valence-corrected chi connectivity index (χ2v) is 6.65. The zero-order valence-corrected chi connectivity index (χ0v) is 14.9. The Hall–Kier alpha value is -2.18. The monoisotopic (exact) mass is 387 g/mol. The van der Waals surface area contributed by atoms with Crippen LogP contribution in [0.25, 0.3) is 5.65 Å². The van der Waals surface area contributed by atoms with Crippen molar-refractivity contribution in [2.45, 2.75) is 13.0 Å². The molecule has 6 heteroatoms. The quantitative estimate of drug-likeness (QED) is 0.703. The van der Waals surface area contributed by atoms with Gasteiger partial charge in [0.15, 0.2) is 5.65 Å². The second kappa shape index (κ2) is 7.15. The number of fused-ring (bicyclic) bond motifs is 1. The number of hydrogen-bond donors (Lipinski definition) is 1. The highest BCUT2D eigenvalue weighted by Gasteiger charge is 2.13. The van der Waals surface area contributed by atoms with Gasteiger partial charge in [-0.25, -0.2) is 9.78 Å². The first kappa shape index (κ1) is 16.7. The highest BCUT2D eigenvalue weighted by atomic mass is 79.9. The highest BCUT2D eigenvalue weighted by Crippen LogP contribution is 2.21. The summed E-state index contributed by atoms with van der Waals surface area (Å²) in [5.41, 5.74) is 3.23. The molecule has 3 rings (SSSR count). The van der Waals surface area contributed by atoms with Crippen molar-refractivity contribution >= 4 is 27.5 Å². The smallest absolute Gasteiger partial charge is 0.337 e. The van der Waals surface area contributed by atoms with Gasteiger partial charge in [-0.15, -0.1) is 0 Å². The molecule has 0 aliphatic rings. The molecule has 24 heavy (non-hydrogen) atoms. The maximum Gasteiger partial charge on any atom is 0.337 e. The zero-order valence-electron chi connectivity index (χ0n) is 13.3. The topological polar surface area (TPSA) is 57.8 Å². The number of nitrogens with zero attached hydrogens (tertiary/aromatic N) is 3. The fraction of sp³-hybridized carbons (Fsp3) is 0.222. The maximum atomic E-state index is 11.2. The number of likely N-dealkylation sites (N-methyl/N-ethyl adjacent to an activating group) is 1. The summed E-state index contributed by atoms with van der Waals surface area (Å²) in [6.07, 6.45) is 4.39. The van der Waals surface area contributed by atoms with E-state index in [1.165, 1.54) is 5.56 Å². The second-order valence-electron chi connectivity index (χ2n) is 5.80. The number of aromatic nitrogens is 2. The Morgan fingerprint density at radius 3 is 2.79 bits per heavy atom. The van der Waals surface area contributed by atoms with Gasteiger partial charge < -0.3 is 14.4 Å². The van der Waals surface area contributed by atoms with E-state index in [1.54, 1.807) is 18.5 Å². The summed E-state index contributed by atoms with van der Waals surface area (Å²) in [6.45, 7) is 1.61. The molecule has 0 unspecified atom stereocenters. The van der Waals surface area contributed by atoms with E-state index in [9.17, 15) is 9.90 Å². The summed E-state index contributed by atoms with van der Waals surface area (Å²) in [5, 5.41) is 9.22. The average molecular weight is 388 g/mol. The van der Waals surface area contributed by atoms with Crippen LogP contribution >= 0.6 is 15.9 Å². The molecule has 1 N–H and O–H groups in total. The summed E-state index contributed by atoms with van der Waals surface area (Å²) in [4.78, 5) is 17.8. The maximum absolute atomic E-state index is 11.2. The summed E-state index contributed by atoms with van der Waals surface area (Å²) >= 11 is 3.40. The van der Waals surface area contributed by atoms with Crippen LogP contribution in [0.1, 0.15) is 21.6 Å². The third-order valence-corrected chi connectivity index (χ3v) is 4.52. The fourth-order valence-corrected chi connectivity index (χ4v) is 3.19. The van der Waals surface area contributed by atoms with Crippen LogP contribution in [0.3, 0.4) is 0 Å². The first-order valence-corrected chi connectivity index (χ1v) is 8.45. The van der Waals surface area contributed by atoms with Crippen molar-refractivity contribution in [3.05, 3.63) is 70.1 Å². The van der Waals surface area contributed by atoms with Gasteiger partial charge in [0.25, 0.3) is 0 Å². The lowest BCUT2D eigenvalue weighted by Gasteiger charge is -2.16. The van der Waals surface area contributed by atoms with Crippen LogP contribution in [0.4, 0.5) is 0 Å². The Balaban J connectivity index is 1.76. The number of rotatable bonds is 6. The number of carboxylic acid groups (broad SMARTS) is 1. The van der Waals surface area contributed by atoms with Crippen LogP contribution < -0.4 is 0 Å². The van der Waals surface area contributed by atoms with Gasteiger partial charge in [0.1, 0.15) is 0 Å². The number of carboxylic acids is 1. The Labute approximate surface area is 148 Å². The summed E-state index contributed by atoms with van der Waals surface area (Å²) < 4.78 is 2.52. The van der Waals surface area contributed by atoms with E-state index in [1.807, 2.05) is 22.6 Å². The molecular weight excluding hydrogens is 370 g/mol. The number of imidazole rings is 1. The molecule has 3 aromatic rings. The molecule has 0 atom stereocenters. The molecule has 0 saturated heterocycles. The van der Waals surface area contributed by atoms with Gasteiger partial charge in [0, 0.05) is 19.3 Å². The minimum Gasteiger partial charge on any atom is -0.478 e. The minimum atomic E-state index is -0.949. The van der Waals surface area contributed by atoms with E-state index in [0.29, 0.717) is 11.0 Å². The Morgan fingerprint density at radius 2 is 2.08 bits per heavy atom. The van der Waals surface area contributed by atoms with Crippen LogP contribution in [-0.4, -0.2) is 39.0 Å². The number of aromatic carboxylic acids is 1. The molecule has 2 aromatic heterocycles. The lowest BCUT2D eigenvalue weighted by Crippen LogP contribution is -2.21. The molecule has 0 aliphatic carbocycles. The predicted molar refractivity (Wildman–Crippen MR) is 96.3 cm³/mol. The average Bonchev–Trinajstić information content (AvgIpc) is 2.97. The lowest BCUT2D eigenvalue weighted by molar-refractivity contribution is 0.0696. The fourth-order valence-electron chi connectivity index (χ4n) is 2.65. The van der Waals surface area contributed by atoms with Crippen molar-refractivity contribution in [1.82, 2.24) is 14.3 Å². The molecule has 0 spiro atoms. The molecule has 5 nitrogen and oxygen atoms in total. The molecular formula is C18H18BrN3O2. The highest BCUT2D eigenvalue weighted by molar-refractivity contribution is 9.10. The van der Waals surface area contributed by atoms with Crippen molar-refractivity contribution in [3.8, 4) is 0 Å². The van der Waals surface area contributed by atoms with Crippen LogP contribution in [0.5, 0.6) is 0 Å². The van der Waals surface area contributed by atoms with Gasteiger partial charge >= 0.3 is 5.97 Å². The zero-order chi connectivity index (χ0) is 17.1. The van der Waals surface area contributed by atoms with Crippen molar-refractivity contribution in [2.24, 2.45) is 0 Å². The molecule has 0 aliphatic heterocycles. The number of pyridine rings is 1. The minimum absolute atomic E-state index is 0.237. The molecule has 0 fully saturated rings. The van der Waals surface area contributed by atoms with Gasteiger partial charge in [0.05, 0.1) is 21.9 Å². The molecule has 0 bridgehead atoms. The molecule has 0 radical (unpaired) electrons. The number of halogens is 1. The Morgan fingerprint density at radius 1 is 1.33 bits per heavy atom. The summed E-state index contributed by atoms with van der Waals surface area (Å²) in [6, 6.07) is 11.9. The van der Waals surface area contributed by atoms with Gasteiger partial charge in [-0.05, 0) is 41.0 Å². The van der Waals surface area contributed by atoms with Crippen LogP contribution in [0, 0.1) is 0 Å². The van der Waals surface area contributed by atoms with Gasteiger partial charge in [0.2, 0.25) is 0 Å². The lowest BCUT2D eigenvalue weighted by atomic mass is 10.1. The summed E-state index contributed by atoms with van der Waals surface area (Å²) in [5.74, 6) is -0.949. The molecule has 0 saturated carbocycles. The van der Waals surface area contributed by atoms with Crippen molar-refractivity contribution in [1.29, 1.82) is 0 Å². The van der Waals surface area contributed by atoms with Crippen LogP contribution in [-0.2, 0) is 13.0 Å². The first-order chi connectivity index (χ1) is 11.5. The third kappa shape index (κ3) is 3.66. The van der Waals surface area contributed by atoms with Crippen molar-refractivity contribution < 1.29 is 9.90 Å². The molecule has 124 valence electrons. The van der Waals surface area contributed by atoms with E-state index >= 15 is 0 Å². The van der Waals surface area contributed by atoms with Gasteiger partial charge in [-0.1, -0.05) is 30.3 Å². The Bertz CT molecular complexity index is 861. The molecule has 2 heterocycles. The number of benzene rings is 1. The first-order valence-electron chi connectivity index (χ1n) is 7.66. The van der Waals surface area contributed by atoms with E-state index in [2.05, 4.69) is 45.0 Å². The van der Waals surface area contributed by atoms with E-state index < -0.39 is 5.97 Å². The SMILES string of the molecule is CN(CCc1ccccc1)Cc1cnc2c(Br)cc(C(=O)O)cn12. The molecule has 0 amide bonds.